The van der Waals surface area contributed by atoms with Crippen LogP contribution in [0.3, 0.4) is 0 Å². The number of hydrogen-bond acceptors (Lipinski definition) is 3. The Morgan fingerprint density at radius 2 is 1.74 bits per heavy atom. The number of carbonyl (C=O) groups is 2. The maximum atomic E-state index is 12.3. The molecule has 0 spiro atoms. The molecule has 1 aromatic rings. The maximum absolute atomic E-state index is 12.3. The first-order valence-corrected chi connectivity index (χ1v) is 9.98. The molecule has 5 nitrogen and oxygen atoms in total. The molecular weight excluding hydrogens is 340 g/mol. The Morgan fingerprint density at radius 1 is 1.15 bits per heavy atom. The summed E-state index contributed by atoms with van der Waals surface area (Å²) in [6, 6.07) is 8.12. The normalized spacial score (nSPS) is 15.7. The van der Waals surface area contributed by atoms with E-state index in [1.807, 2.05) is 30.9 Å². The topological polar surface area (TPSA) is 58.6 Å². The number of carbonyl (C=O) groups excluding carboxylic acids is 2. The van der Waals surface area contributed by atoms with Crippen LogP contribution in [0.1, 0.15) is 53.0 Å². The first-order valence-electron chi connectivity index (χ1n) is 9.98. The lowest BCUT2D eigenvalue weighted by atomic mass is 9.87. The molecule has 150 valence electrons. The minimum atomic E-state index is -0.00715. The number of likely N-dealkylation sites (tertiary alicyclic amines) is 1. The molecule has 1 fully saturated rings. The van der Waals surface area contributed by atoms with E-state index in [1.165, 1.54) is 5.56 Å². The second kappa shape index (κ2) is 9.25. The summed E-state index contributed by atoms with van der Waals surface area (Å²) < 4.78 is 5.72. The quantitative estimate of drug-likeness (QED) is 0.777. The number of nitrogens with zero attached hydrogens (tertiary/aromatic N) is 1. The Bertz CT molecular complexity index is 624. The minimum absolute atomic E-state index is 0.00715. The molecule has 0 bridgehead atoms. The van der Waals surface area contributed by atoms with Crippen molar-refractivity contribution in [3.63, 3.8) is 0 Å². The van der Waals surface area contributed by atoms with Gasteiger partial charge in [-0.2, -0.15) is 0 Å². The molecule has 2 amide bonds. The Kier molecular flexibility index (Phi) is 7.28. The monoisotopic (exact) mass is 374 g/mol. The number of hydrogen-bond donors (Lipinski definition) is 1. The predicted molar refractivity (Wildman–Crippen MR) is 108 cm³/mol. The molecule has 0 aliphatic carbocycles. The third kappa shape index (κ3) is 6.26. The minimum Gasteiger partial charge on any atom is -0.492 e. The first-order chi connectivity index (χ1) is 12.7. The van der Waals surface area contributed by atoms with Gasteiger partial charge < -0.3 is 15.0 Å². The highest BCUT2D eigenvalue weighted by Crippen LogP contribution is 2.24. The highest BCUT2D eigenvalue weighted by atomic mass is 16.5. The van der Waals surface area contributed by atoms with Crippen LogP contribution >= 0.6 is 0 Å². The van der Waals surface area contributed by atoms with Crippen molar-refractivity contribution in [1.29, 1.82) is 0 Å². The zero-order chi connectivity index (χ0) is 20.0. The number of nitrogens with one attached hydrogen (secondary N) is 1. The Morgan fingerprint density at radius 3 is 2.26 bits per heavy atom. The van der Waals surface area contributed by atoms with Crippen molar-refractivity contribution in [2.45, 2.75) is 52.9 Å². The highest BCUT2D eigenvalue weighted by molar-refractivity contribution is 5.80. The number of benzene rings is 1. The molecule has 1 aromatic carbocycles. The molecule has 1 heterocycles. The smallest absolute Gasteiger partial charge is 0.225 e. The van der Waals surface area contributed by atoms with Gasteiger partial charge in [0.15, 0.2) is 0 Å². The zero-order valence-corrected chi connectivity index (χ0v) is 17.4. The summed E-state index contributed by atoms with van der Waals surface area (Å²) in [6.07, 6.45) is 1.47. The fourth-order valence-electron chi connectivity index (χ4n) is 3.27. The van der Waals surface area contributed by atoms with Gasteiger partial charge in [-0.25, -0.2) is 0 Å². The van der Waals surface area contributed by atoms with Crippen LogP contribution in [-0.4, -0.2) is 43.0 Å². The van der Waals surface area contributed by atoms with Crippen LogP contribution in [-0.2, 0) is 15.0 Å². The van der Waals surface area contributed by atoms with Gasteiger partial charge in [-0.05, 0) is 36.0 Å². The van der Waals surface area contributed by atoms with Crippen molar-refractivity contribution in [2.24, 2.45) is 11.8 Å². The van der Waals surface area contributed by atoms with Gasteiger partial charge in [-0.1, -0.05) is 46.8 Å². The van der Waals surface area contributed by atoms with E-state index in [2.05, 4.69) is 38.2 Å². The van der Waals surface area contributed by atoms with Gasteiger partial charge in [0, 0.05) is 24.9 Å². The molecule has 1 aliphatic rings. The highest BCUT2D eigenvalue weighted by Gasteiger charge is 2.27. The molecule has 2 rings (SSSR count). The molecule has 1 aliphatic heterocycles. The van der Waals surface area contributed by atoms with Crippen LogP contribution in [0.2, 0.25) is 0 Å². The van der Waals surface area contributed by atoms with E-state index in [-0.39, 0.29) is 29.1 Å². The van der Waals surface area contributed by atoms with E-state index < -0.39 is 0 Å². The molecule has 0 radical (unpaired) electrons. The Hall–Kier alpha value is -2.04. The molecule has 0 unspecified atom stereocenters. The third-order valence-corrected chi connectivity index (χ3v) is 5.06. The maximum Gasteiger partial charge on any atom is 0.225 e. The summed E-state index contributed by atoms with van der Waals surface area (Å²) in [5.74, 6) is 1.08. The van der Waals surface area contributed by atoms with Gasteiger partial charge in [0.1, 0.15) is 12.4 Å². The summed E-state index contributed by atoms with van der Waals surface area (Å²) in [4.78, 5) is 26.2. The van der Waals surface area contributed by atoms with E-state index in [0.29, 0.717) is 26.2 Å². The van der Waals surface area contributed by atoms with Crippen LogP contribution < -0.4 is 10.1 Å². The molecule has 0 saturated carbocycles. The largest absolute Gasteiger partial charge is 0.492 e. The number of piperidine rings is 1. The Balaban J connectivity index is 1.67. The molecule has 0 aromatic heterocycles. The summed E-state index contributed by atoms with van der Waals surface area (Å²) >= 11 is 0. The predicted octanol–water partition coefficient (Wildman–Crippen LogP) is 3.37. The van der Waals surface area contributed by atoms with Crippen molar-refractivity contribution in [1.82, 2.24) is 10.2 Å². The van der Waals surface area contributed by atoms with Crippen LogP contribution in [0.25, 0.3) is 0 Å². The average molecular weight is 375 g/mol. The van der Waals surface area contributed by atoms with Crippen molar-refractivity contribution >= 4 is 11.8 Å². The number of ether oxygens (including phenoxy) is 1. The van der Waals surface area contributed by atoms with Crippen molar-refractivity contribution < 1.29 is 14.3 Å². The van der Waals surface area contributed by atoms with Gasteiger partial charge >= 0.3 is 0 Å². The van der Waals surface area contributed by atoms with E-state index in [9.17, 15) is 9.59 Å². The standard InChI is InChI=1S/C22H34N2O3/c1-16(2)21(26)24-13-10-17(11-14-24)20(25)23-12-15-27-19-8-6-18(7-9-19)22(3,4)5/h6-9,16-17H,10-15H2,1-5H3,(H,23,25). The number of amides is 2. The van der Waals surface area contributed by atoms with Crippen molar-refractivity contribution in [3.8, 4) is 5.75 Å². The van der Waals surface area contributed by atoms with E-state index in [0.717, 1.165) is 18.6 Å². The van der Waals surface area contributed by atoms with E-state index in [4.69, 9.17) is 4.74 Å². The van der Waals surface area contributed by atoms with E-state index in [1.54, 1.807) is 0 Å². The molecule has 0 atom stereocenters. The third-order valence-electron chi connectivity index (χ3n) is 5.06. The average Bonchev–Trinajstić information content (AvgIpc) is 2.64. The first kappa shape index (κ1) is 21.3. The van der Waals surface area contributed by atoms with Crippen LogP contribution in [0.15, 0.2) is 24.3 Å². The Labute approximate surface area is 163 Å². The molecule has 5 heteroatoms. The molecule has 27 heavy (non-hydrogen) atoms. The van der Waals surface area contributed by atoms with Crippen LogP contribution in [0.5, 0.6) is 5.75 Å². The van der Waals surface area contributed by atoms with Gasteiger partial charge in [-0.3, -0.25) is 9.59 Å². The van der Waals surface area contributed by atoms with Crippen molar-refractivity contribution in [3.05, 3.63) is 29.8 Å². The lowest BCUT2D eigenvalue weighted by Crippen LogP contribution is -2.44. The van der Waals surface area contributed by atoms with Gasteiger partial charge in [0.2, 0.25) is 11.8 Å². The lowest BCUT2D eigenvalue weighted by molar-refractivity contribution is -0.138. The second-order valence-corrected chi connectivity index (χ2v) is 8.67. The summed E-state index contributed by atoms with van der Waals surface area (Å²) in [5.41, 5.74) is 1.40. The van der Waals surface area contributed by atoms with Crippen LogP contribution in [0.4, 0.5) is 0 Å². The lowest BCUT2D eigenvalue weighted by Gasteiger charge is -2.32. The van der Waals surface area contributed by atoms with Gasteiger partial charge in [0.25, 0.3) is 0 Å². The number of rotatable bonds is 6. The van der Waals surface area contributed by atoms with Gasteiger partial charge in [0.05, 0.1) is 6.54 Å². The van der Waals surface area contributed by atoms with Crippen molar-refractivity contribution in [2.75, 3.05) is 26.2 Å². The second-order valence-electron chi connectivity index (χ2n) is 8.67. The summed E-state index contributed by atoms with van der Waals surface area (Å²) in [7, 11) is 0. The summed E-state index contributed by atoms with van der Waals surface area (Å²) in [5, 5.41) is 2.96. The fraction of sp³-hybridized carbons (Fsp3) is 0.636. The molecule has 1 saturated heterocycles. The van der Waals surface area contributed by atoms with E-state index >= 15 is 0 Å². The summed E-state index contributed by atoms with van der Waals surface area (Å²) in [6.45, 7) is 12.7. The van der Waals surface area contributed by atoms with Crippen LogP contribution in [0, 0.1) is 11.8 Å². The SMILES string of the molecule is CC(C)C(=O)N1CCC(C(=O)NCCOc2ccc(C(C)(C)C)cc2)CC1. The zero-order valence-electron chi connectivity index (χ0n) is 17.4. The fourth-order valence-corrected chi connectivity index (χ4v) is 3.27. The molecule has 1 N–H and O–H groups in total. The molecular formula is C22H34N2O3. The van der Waals surface area contributed by atoms with Gasteiger partial charge in [-0.15, -0.1) is 0 Å².